The second-order valence-electron chi connectivity index (χ2n) is 9.59. The van der Waals surface area contributed by atoms with Gasteiger partial charge in [0.05, 0.1) is 18.7 Å². The number of hydrogen-bond donors (Lipinski definition) is 2. The molecule has 0 saturated heterocycles. The molecule has 0 saturated carbocycles. The number of amides is 1. The zero-order chi connectivity index (χ0) is 26.9. The Bertz CT molecular complexity index is 1410. The predicted octanol–water partition coefficient (Wildman–Crippen LogP) is 6.21. The van der Waals surface area contributed by atoms with Gasteiger partial charge in [-0.15, -0.1) is 0 Å². The summed E-state index contributed by atoms with van der Waals surface area (Å²) in [7, 11) is 3.28. The number of nitrogens with zero attached hydrogens (tertiary/aromatic N) is 1. The van der Waals surface area contributed by atoms with Crippen LogP contribution in [-0.4, -0.2) is 36.5 Å². The van der Waals surface area contributed by atoms with Crippen LogP contribution in [-0.2, 0) is 23.8 Å². The van der Waals surface area contributed by atoms with Crippen molar-refractivity contribution in [1.82, 2.24) is 15.2 Å². The Balaban J connectivity index is 1.54. The molecule has 5 rings (SSSR count). The van der Waals surface area contributed by atoms with Crippen LogP contribution >= 0.6 is 0 Å². The molecule has 1 aliphatic rings. The Morgan fingerprint density at radius 1 is 1.11 bits per heavy atom. The van der Waals surface area contributed by atoms with Crippen LogP contribution in [0, 0.1) is 0 Å². The van der Waals surface area contributed by atoms with Crippen molar-refractivity contribution in [2.75, 3.05) is 20.7 Å². The minimum Gasteiger partial charge on any atom is -0.497 e. The number of alkyl halides is 3. The third kappa shape index (κ3) is 5.00. The van der Waals surface area contributed by atoms with E-state index < -0.39 is 17.8 Å². The molecule has 38 heavy (non-hydrogen) atoms. The molecule has 2 atom stereocenters. The van der Waals surface area contributed by atoms with Gasteiger partial charge in [-0.2, -0.15) is 13.2 Å². The molecule has 0 fully saturated rings. The van der Waals surface area contributed by atoms with Crippen LogP contribution < -0.4 is 10.1 Å². The lowest BCUT2D eigenvalue weighted by molar-refractivity contribution is -0.137. The molecule has 8 heteroatoms. The van der Waals surface area contributed by atoms with Gasteiger partial charge in [0.25, 0.3) is 0 Å². The second-order valence-corrected chi connectivity index (χ2v) is 9.59. The number of hydrogen-bond acceptors (Lipinski definition) is 3. The highest BCUT2D eigenvalue weighted by Crippen LogP contribution is 2.42. The number of likely N-dealkylation sites (N-methyl/N-ethyl adjacent to an activating group) is 1. The van der Waals surface area contributed by atoms with E-state index in [1.54, 1.807) is 26.3 Å². The third-order valence-electron chi connectivity index (χ3n) is 7.43. The quantitative estimate of drug-likeness (QED) is 0.304. The second kappa shape index (κ2) is 10.5. The topological polar surface area (TPSA) is 57.4 Å². The number of aromatic amines is 1. The number of nitrogens with one attached hydrogen (secondary N) is 2. The van der Waals surface area contributed by atoms with Crippen molar-refractivity contribution in [3.8, 4) is 5.75 Å². The van der Waals surface area contributed by atoms with Crippen LogP contribution in [0.3, 0.4) is 0 Å². The average Bonchev–Trinajstić information content (AvgIpc) is 3.30. The standard InChI is InChI=1S/C30H30F3N3O2/c1-34-29(37)28(20-6-4-3-5-7-20)36-17-16-23-24-18-22(38-2)13-14-25(24)35-27(23)26(36)15-10-19-8-11-21(12-9-19)30(31,32)33/h3-9,11-14,18,26,28,35H,10,15-17H2,1-2H3,(H,34,37). The molecular formula is C30H30F3N3O2. The van der Waals surface area contributed by atoms with Gasteiger partial charge in [-0.05, 0) is 66.3 Å². The largest absolute Gasteiger partial charge is 0.497 e. The van der Waals surface area contributed by atoms with Gasteiger partial charge in [0.1, 0.15) is 11.8 Å². The maximum Gasteiger partial charge on any atom is 0.416 e. The number of halogens is 3. The van der Waals surface area contributed by atoms with E-state index in [9.17, 15) is 18.0 Å². The normalized spacial score (nSPS) is 16.7. The molecule has 3 aromatic carbocycles. The number of carbonyl (C=O) groups excluding carboxylic acids is 1. The highest BCUT2D eigenvalue weighted by Gasteiger charge is 2.38. The minimum absolute atomic E-state index is 0.100. The molecule has 2 heterocycles. The number of rotatable bonds is 7. The van der Waals surface area contributed by atoms with Crippen molar-refractivity contribution in [1.29, 1.82) is 0 Å². The number of methoxy groups -OCH3 is 1. The van der Waals surface area contributed by atoms with E-state index in [-0.39, 0.29) is 11.9 Å². The Hall–Kier alpha value is -3.78. The van der Waals surface area contributed by atoms with E-state index in [0.717, 1.165) is 52.0 Å². The van der Waals surface area contributed by atoms with Gasteiger partial charge in [0.2, 0.25) is 5.91 Å². The molecule has 2 unspecified atom stereocenters. The highest BCUT2D eigenvalue weighted by atomic mass is 19.4. The maximum absolute atomic E-state index is 13.2. The van der Waals surface area contributed by atoms with Crippen LogP contribution in [0.4, 0.5) is 13.2 Å². The van der Waals surface area contributed by atoms with E-state index in [1.165, 1.54) is 5.56 Å². The van der Waals surface area contributed by atoms with Crippen molar-refractivity contribution in [2.24, 2.45) is 0 Å². The van der Waals surface area contributed by atoms with Crippen molar-refractivity contribution in [3.05, 3.63) is 101 Å². The summed E-state index contributed by atoms with van der Waals surface area (Å²) in [6.45, 7) is 0.655. The molecule has 198 valence electrons. The SMILES string of the molecule is CNC(=O)C(c1ccccc1)N1CCc2c([nH]c3ccc(OC)cc23)C1CCc1ccc(C(F)(F)F)cc1. The Kier molecular flexibility index (Phi) is 7.17. The summed E-state index contributed by atoms with van der Waals surface area (Å²) in [6.07, 6.45) is -2.43. The number of H-pyrrole nitrogens is 1. The fourth-order valence-corrected chi connectivity index (χ4v) is 5.54. The summed E-state index contributed by atoms with van der Waals surface area (Å²) < 4.78 is 44.7. The summed E-state index contributed by atoms with van der Waals surface area (Å²) >= 11 is 0. The van der Waals surface area contributed by atoms with Crippen LogP contribution in [0.1, 0.15) is 46.5 Å². The lowest BCUT2D eigenvalue weighted by atomic mass is 9.90. The van der Waals surface area contributed by atoms with Gasteiger partial charge in [-0.1, -0.05) is 42.5 Å². The van der Waals surface area contributed by atoms with Gasteiger partial charge in [-0.25, -0.2) is 0 Å². The Morgan fingerprint density at radius 2 is 1.84 bits per heavy atom. The summed E-state index contributed by atoms with van der Waals surface area (Å²) in [6, 6.07) is 20.3. The molecule has 0 bridgehead atoms. The van der Waals surface area contributed by atoms with E-state index in [0.29, 0.717) is 19.4 Å². The molecule has 1 amide bonds. The molecular weight excluding hydrogens is 491 g/mol. The maximum atomic E-state index is 13.2. The monoisotopic (exact) mass is 521 g/mol. The lowest BCUT2D eigenvalue weighted by Gasteiger charge is -2.40. The van der Waals surface area contributed by atoms with E-state index in [2.05, 4.69) is 15.2 Å². The number of aryl methyl sites for hydroxylation is 1. The van der Waals surface area contributed by atoms with Crippen molar-refractivity contribution in [3.63, 3.8) is 0 Å². The molecule has 4 aromatic rings. The Morgan fingerprint density at radius 3 is 2.50 bits per heavy atom. The number of aromatic nitrogens is 1. The van der Waals surface area contributed by atoms with E-state index in [1.807, 2.05) is 48.5 Å². The van der Waals surface area contributed by atoms with Crippen molar-refractivity contribution >= 4 is 16.8 Å². The van der Waals surface area contributed by atoms with Crippen molar-refractivity contribution < 1.29 is 22.7 Å². The third-order valence-corrected chi connectivity index (χ3v) is 7.43. The summed E-state index contributed by atoms with van der Waals surface area (Å²) in [4.78, 5) is 19.1. The molecule has 0 aliphatic carbocycles. The van der Waals surface area contributed by atoms with E-state index in [4.69, 9.17) is 4.74 Å². The van der Waals surface area contributed by atoms with Crippen LogP contribution in [0.5, 0.6) is 5.75 Å². The zero-order valence-corrected chi connectivity index (χ0v) is 21.3. The summed E-state index contributed by atoms with van der Waals surface area (Å²) in [5.74, 6) is 0.674. The predicted molar refractivity (Wildman–Crippen MR) is 141 cm³/mol. The minimum atomic E-state index is -4.37. The first-order chi connectivity index (χ1) is 18.3. The fraction of sp³-hybridized carbons (Fsp3) is 0.300. The van der Waals surface area contributed by atoms with Gasteiger partial charge >= 0.3 is 6.18 Å². The number of carbonyl (C=O) groups is 1. The van der Waals surface area contributed by atoms with Gasteiger partial charge in [-0.3, -0.25) is 9.69 Å². The molecule has 0 radical (unpaired) electrons. The lowest BCUT2D eigenvalue weighted by Crippen LogP contribution is -2.44. The molecule has 5 nitrogen and oxygen atoms in total. The fourth-order valence-electron chi connectivity index (χ4n) is 5.54. The van der Waals surface area contributed by atoms with Gasteiger partial charge in [0, 0.05) is 30.2 Å². The first-order valence-corrected chi connectivity index (χ1v) is 12.7. The average molecular weight is 522 g/mol. The Labute approximate surface area is 219 Å². The van der Waals surface area contributed by atoms with Crippen LogP contribution in [0.25, 0.3) is 10.9 Å². The van der Waals surface area contributed by atoms with Crippen LogP contribution in [0.2, 0.25) is 0 Å². The molecule has 1 aliphatic heterocycles. The molecule has 0 spiro atoms. The number of ether oxygens (including phenoxy) is 1. The molecule has 2 N–H and O–H groups in total. The molecule has 1 aromatic heterocycles. The highest BCUT2D eigenvalue weighted by molar-refractivity contribution is 5.87. The smallest absolute Gasteiger partial charge is 0.416 e. The first-order valence-electron chi connectivity index (χ1n) is 12.7. The number of fused-ring (bicyclic) bond motifs is 3. The van der Waals surface area contributed by atoms with Gasteiger partial charge in [0.15, 0.2) is 0 Å². The summed E-state index contributed by atoms with van der Waals surface area (Å²) in [5.41, 5.74) is 4.28. The van der Waals surface area contributed by atoms with Crippen LogP contribution in [0.15, 0.2) is 72.8 Å². The van der Waals surface area contributed by atoms with Gasteiger partial charge < -0.3 is 15.0 Å². The van der Waals surface area contributed by atoms with E-state index >= 15 is 0 Å². The zero-order valence-electron chi connectivity index (χ0n) is 21.3. The number of benzene rings is 3. The summed E-state index contributed by atoms with van der Waals surface area (Å²) in [5, 5.41) is 3.92. The van der Waals surface area contributed by atoms with Crippen molar-refractivity contribution in [2.45, 2.75) is 37.5 Å². The first kappa shape index (κ1) is 25.9.